The van der Waals surface area contributed by atoms with E-state index in [0.29, 0.717) is 5.92 Å². The fourth-order valence-corrected chi connectivity index (χ4v) is 5.37. The van der Waals surface area contributed by atoms with Crippen molar-refractivity contribution >= 4 is 32.3 Å². The van der Waals surface area contributed by atoms with E-state index in [9.17, 15) is 0 Å². The van der Waals surface area contributed by atoms with Crippen LogP contribution in [0.25, 0.3) is 32.3 Å². The molecule has 2 nitrogen and oxygen atoms in total. The van der Waals surface area contributed by atoms with Crippen LogP contribution in [0.1, 0.15) is 64.8 Å². The van der Waals surface area contributed by atoms with Crippen LogP contribution in [-0.2, 0) is 4.84 Å². The van der Waals surface area contributed by atoms with Crippen LogP contribution in [0, 0.1) is 5.92 Å². The standard InChI is InChI=1S/C32H35NO/c1-21(2)31(33(32(4,5)6)34-22(3)23-11-8-7-9-12-23)28-20-18-26-16-15-24-13-10-14-25-17-19-27(28)30(26)29(24)25/h7-22,31H,1-6H3. The minimum Gasteiger partial charge on any atom is -0.290 e. The summed E-state index contributed by atoms with van der Waals surface area (Å²) in [6.45, 7) is 13.5. The lowest BCUT2D eigenvalue weighted by molar-refractivity contribution is -0.272. The zero-order valence-corrected chi connectivity index (χ0v) is 21.2. The Labute approximate surface area is 203 Å². The molecule has 2 heteroatoms. The van der Waals surface area contributed by atoms with Gasteiger partial charge in [-0.25, -0.2) is 0 Å². The quantitative estimate of drug-likeness (QED) is 0.189. The summed E-state index contributed by atoms with van der Waals surface area (Å²) >= 11 is 0. The van der Waals surface area contributed by atoms with Crippen LogP contribution < -0.4 is 0 Å². The van der Waals surface area contributed by atoms with Gasteiger partial charge in [0.1, 0.15) is 6.10 Å². The Morgan fingerprint density at radius 3 is 1.85 bits per heavy atom. The van der Waals surface area contributed by atoms with Crippen molar-refractivity contribution in [2.45, 2.75) is 59.2 Å². The van der Waals surface area contributed by atoms with Gasteiger partial charge >= 0.3 is 0 Å². The van der Waals surface area contributed by atoms with E-state index < -0.39 is 0 Å². The number of hydroxylamine groups is 2. The van der Waals surface area contributed by atoms with E-state index in [1.54, 1.807) is 0 Å². The number of nitrogens with zero attached hydrogens (tertiary/aromatic N) is 1. The minimum absolute atomic E-state index is 0.0403. The average molecular weight is 450 g/mol. The van der Waals surface area contributed by atoms with Crippen LogP contribution in [0.4, 0.5) is 0 Å². The minimum atomic E-state index is -0.179. The highest BCUT2D eigenvalue weighted by molar-refractivity contribution is 6.23. The summed E-state index contributed by atoms with van der Waals surface area (Å²) in [5.41, 5.74) is 2.34. The lowest BCUT2D eigenvalue weighted by Gasteiger charge is -2.44. The fourth-order valence-electron chi connectivity index (χ4n) is 5.37. The number of rotatable bonds is 6. The second-order valence-electron chi connectivity index (χ2n) is 10.9. The predicted molar refractivity (Wildman–Crippen MR) is 145 cm³/mol. The van der Waals surface area contributed by atoms with E-state index in [0.717, 1.165) is 0 Å². The van der Waals surface area contributed by atoms with Crippen LogP contribution in [-0.4, -0.2) is 10.6 Å². The summed E-state index contributed by atoms with van der Waals surface area (Å²) < 4.78 is 0. The first-order valence-corrected chi connectivity index (χ1v) is 12.4. The first kappa shape index (κ1) is 22.8. The van der Waals surface area contributed by atoms with E-state index >= 15 is 0 Å². The Morgan fingerprint density at radius 2 is 1.24 bits per heavy atom. The summed E-state index contributed by atoms with van der Waals surface area (Å²) in [7, 11) is 0. The van der Waals surface area contributed by atoms with Crippen molar-refractivity contribution in [2.24, 2.45) is 5.92 Å². The van der Waals surface area contributed by atoms with Crippen molar-refractivity contribution in [1.29, 1.82) is 0 Å². The smallest absolute Gasteiger partial charge is 0.102 e. The van der Waals surface area contributed by atoms with E-state index in [-0.39, 0.29) is 17.7 Å². The van der Waals surface area contributed by atoms with E-state index in [4.69, 9.17) is 4.84 Å². The van der Waals surface area contributed by atoms with Gasteiger partial charge in [-0.3, -0.25) is 4.84 Å². The molecular weight excluding hydrogens is 414 g/mol. The third-order valence-electron chi connectivity index (χ3n) is 6.97. The number of benzene rings is 5. The molecule has 0 aliphatic heterocycles. The lowest BCUT2D eigenvalue weighted by atomic mass is 9.85. The highest BCUT2D eigenvalue weighted by atomic mass is 16.7. The van der Waals surface area contributed by atoms with Gasteiger partial charge < -0.3 is 0 Å². The first-order valence-electron chi connectivity index (χ1n) is 12.4. The maximum absolute atomic E-state index is 6.80. The van der Waals surface area contributed by atoms with Gasteiger partial charge in [0.2, 0.25) is 0 Å². The van der Waals surface area contributed by atoms with Crippen molar-refractivity contribution in [1.82, 2.24) is 5.06 Å². The Balaban J connectivity index is 1.68. The molecule has 0 aliphatic carbocycles. The van der Waals surface area contributed by atoms with Gasteiger partial charge in [-0.1, -0.05) is 98.8 Å². The highest BCUT2D eigenvalue weighted by Gasteiger charge is 2.36. The molecule has 0 bridgehead atoms. The molecule has 5 rings (SSSR count). The fraction of sp³-hybridized carbons (Fsp3) is 0.312. The SMILES string of the molecule is CC(ON(C(c1ccc2ccc3cccc4ccc1c2c34)C(C)C)C(C)(C)C)c1ccccc1. The van der Waals surface area contributed by atoms with Gasteiger partial charge in [0.25, 0.3) is 0 Å². The first-order chi connectivity index (χ1) is 16.3. The van der Waals surface area contributed by atoms with Gasteiger partial charge in [-0.2, -0.15) is 5.06 Å². The zero-order chi connectivity index (χ0) is 24.0. The predicted octanol–water partition coefficient (Wildman–Crippen LogP) is 9.07. The molecule has 0 radical (unpaired) electrons. The van der Waals surface area contributed by atoms with Crippen LogP contribution in [0.15, 0.2) is 84.9 Å². The number of hydrogen-bond donors (Lipinski definition) is 0. The van der Waals surface area contributed by atoms with Gasteiger partial charge in [0.15, 0.2) is 0 Å². The molecule has 5 aromatic carbocycles. The molecule has 0 N–H and O–H groups in total. The third-order valence-corrected chi connectivity index (χ3v) is 6.97. The van der Waals surface area contributed by atoms with Gasteiger partial charge in [0, 0.05) is 5.54 Å². The Bertz CT molecular complexity index is 1400. The van der Waals surface area contributed by atoms with Crippen molar-refractivity contribution in [3.05, 3.63) is 96.1 Å². The van der Waals surface area contributed by atoms with Crippen molar-refractivity contribution in [2.75, 3.05) is 0 Å². The summed E-state index contributed by atoms with van der Waals surface area (Å²) in [4.78, 5) is 6.80. The second-order valence-corrected chi connectivity index (χ2v) is 10.9. The van der Waals surface area contributed by atoms with Crippen LogP contribution in [0.2, 0.25) is 0 Å². The van der Waals surface area contributed by atoms with E-state index in [1.807, 2.05) is 0 Å². The largest absolute Gasteiger partial charge is 0.290 e. The van der Waals surface area contributed by atoms with Gasteiger partial charge in [0.05, 0.1) is 6.04 Å². The number of hydrogen-bond acceptors (Lipinski definition) is 2. The molecule has 34 heavy (non-hydrogen) atoms. The lowest BCUT2D eigenvalue weighted by Crippen LogP contribution is -2.46. The Morgan fingerprint density at radius 1 is 0.647 bits per heavy atom. The zero-order valence-electron chi connectivity index (χ0n) is 21.2. The van der Waals surface area contributed by atoms with Gasteiger partial charge in [-0.15, -0.1) is 0 Å². The molecule has 0 saturated carbocycles. The molecule has 2 atom stereocenters. The van der Waals surface area contributed by atoms with Crippen LogP contribution >= 0.6 is 0 Å². The molecule has 5 aromatic rings. The van der Waals surface area contributed by atoms with E-state index in [2.05, 4.69) is 132 Å². The molecule has 174 valence electrons. The molecule has 0 aromatic heterocycles. The van der Waals surface area contributed by atoms with Crippen LogP contribution in [0.5, 0.6) is 0 Å². The Kier molecular flexibility index (Phi) is 5.83. The van der Waals surface area contributed by atoms with Crippen LogP contribution in [0.3, 0.4) is 0 Å². The molecule has 0 heterocycles. The van der Waals surface area contributed by atoms with Crippen molar-refractivity contribution < 1.29 is 4.84 Å². The molecule has 0 amide bonds. The third kappa shape index (κ3) is 3.96. The van der Waals surface area contributed by atoms with E-state index in [1.165, 1.54) is 43.4 Å². The summed E-state index contributed by atoms with van der Waals surface area (Å²) in [5.74, 6) is 0.362. The molecule has 2 unspecified atom stereocenters. The Hall–Kier alpha value is -2.94. The normalized spacial score (nSPS) is 14.6. The highest BCUT2D eigenvalue weighted by Crippen LogP contribution is 2.43. The van der Waals surface area contributed by atoms with Gasteiger partial charge in [-0.05, 0) is 77.1 Å². The molecule has 0 fully saturated rings. The molecule has 0 saturated heterocycles. The molecular formula is C32H35NO. The average Bonchev–Trinajstić information content (AvgIpc) is 2.82. The second kappa shape index (κ2) is 8.69. The molecule has 0 aliphatic rings. The summed E-state index contributed by atoms with van der Waals surface area (Å²) in [5, 5.41) is 10.2. The molecule has 0 spiro atoms. The summed E-state index contributed by atoms with van der Waals surface area (Å²) in [6.07, 6.45) is -0.0403. The summed E-state index contributed by atoms with van der Waals surface area (Å²) in [6, 6.07) is 30.9. The topological polar surface area (TPSA) is 12.5 Å². The monoisotopic (exact) mass is 449 g/mol. The van der Waals surface area contributed by atoms with Crippen molar-refractivity contribution in [3.8, 4) is 0 Å². The van der Waals surface area contributed by atoms with Crippen molar-refractivity contribution in [3.63, 3.8) is 0 Å². The maximum atomic E-state index is 6.80. The maximum Gasteiger partial charge on any atom is 0.102 e.